The number of aliphatic hydroxyl groups excluding tert-OH is 1. The van der Waals surface area contributed by atoms with E-state index in [4.69, 9.17) is 5.11 Å². The summed E-state index contributed by atoms with van der Waals surface area (Å²) in [6, 6.07) is -0.255. The fraction of sp³-hybridized carbons (Fsp3) is 0.833. The number of urea groups is 1. The minimum absolute atomic E-state index is 0.119. The van der Waals surface area contributed by atoms with Gasteiger partial charge in [-0.1, -0.05) is 19.3 Å². The van der Waals surface area contributed by atoms with Crippen LogP contribution in [0.4, 0.5) is 4.79 Å². The van der Waals surface area contributed by atoms with E-state index >= 15 is 0 Å². The van der Waals surface area contributed by atoms with Gasteiger partial charge in [-0.2, -0.15) is 0 Å². The van der Waals surface area contributed by atoms with Gasteiger partial charge < -0.3 is 10.0 Å². The van der Waals surface area contributed by atoms with Gasteiger partial charge in [-0.15, -0.1) is 0 Å². The van der Waals surface area contributed by atoms with E-state index in [0.29, 0.717) is 13.0 Å². The molecule has 1 aliphatic heterocycles. The molecule has 1 spiro atoms. The standard InChI is InChI=1S/C12H20N2O3/c15-9-5-4-8-14-11(17)13-10(16)12(14)6-2-1-3-7-12/h15H,1-9H2,(H,13,16,17). The molecule has 2 rings (SSSR count). The first kappa shape index (κ1) is 12.4. The van der Waals surface area contributed by atoms with E-state index in [9.17, 15) is 9.59 Å². The van der Waals surface area contributed by atoms with Crippen molar-refractivity contribution in [1.29, 1.82) is 0 Å². The summed E-state index contributed by atoms with van der Waals surface area (Å²) >= 11 is 0. The number of carbonyl (C=O) groups is 2. The molecule has 0 bridgehead atoms. The lowest BCUT2D eigenvalue weighted by Gasteiger charge is -2.38. The van der Waals surface area contributed by atoms with E-state index in [1.807, 2.05) is 0 Å². The van der Waals surface area contributed by atoms with Crippen LogP contribution in [-0.2, 0) is 4.79 Å². The molecule has 0 radical (unpaired) electrons. The molecule has 5 nitrogen and oxygen atoms in total. The van der Waals surface area contributed by atoms with Crippen LogP contribution in [-0.4, -0.2) is 40.6 Å². The van der Waals surface area contributed by atoms with Crippen LogP contribution in [0.25, 0.3) is 0 Å². The minimum atomic E-state index is -0.579. The SMILES string of the molecule is O=C1NC(=O)C2(CCCCC2)N1CCCCO. The molecule has 5 heteroatoms. The summed E-state index contributed by atoms with van der Waals surface area (Å²) in [5, 5.41) is 11.2. The van der Waals surface area contributed by atoms with Crippen LogP contribution in [0.1, 0.15) is 44.9 Å². The number of nitrogens with zero attached hydrogens (tertiary/aromatic N) is 1. The Morgan fingerprint density at radius 1 is 1.18 bits per heavy atom. The summed E-state index contributed by atoms with van der Waals surface area (Å²) in [4.78, 5) is 25.5. The second-order valence-corrected chi connectivity index (χ2v) is 4.93. The average molecular weight is 240 g/mol. The van der Waals surface area contributed by atoms with Crippen molar-refractivity contribution in [2.75, 3.05) is 13.2 Å². The van der Waals surface area contributed by atoms with Crippen molar-refractivity contribution < 1.29 is 14.7 Å². The van der Waals surface area contributed by atoms with E-state index in [0.717, 1.165) is 38.5 Å². The lowest BCUT2D eigenvalue weighted by molar-refractivity contribution is -0.128. The van der Waals surface area contributed by atoms with Gasteiger partial charge in [0.2, 0.25) is 0 Å². The van der Waals surface area contributed by atoms with Crippen LogP contribution in [0, 0.1) is 0 Å². The van der Waals surface area contributed by atoms with Crippen molar-refractivity contribution in [3.63, 3.8) is 0 Å². The van der Waals surface area contributed by atoms with Crippen LogP contribution in [0.5, 0.6) is 0 Å². The van der Waals surface area contributed by atoms with Crippen LogP contribution in [0.15, 0.2) is 0 Å². The monoisotopic (exact) mass is 240 g/mol. The molecule has 0 aromatic rings. The molecule has 1 aliphatic carbocycles. The zero-order chi connectivity index (χ0) is 12.3. The van der Waals surface area contributed by atoms with E-state index < -0.39 is 5.54 Å². The molecule has 1 saturated carbocycles. The molecular weight excluding hydrogens is 220 g/mol. The van der Waals surface area contributed by atoms with E-state index in [1.54, 1.807) is 4.90 Å². The third-order valence-corrected chi connectivity index (χ3v) is 3.88. The van der Waals surface area contributed by atoms with Crippen molar-refractivity contribution in [3.05, 3.63) is 0 Å². The molecule has 1 heterocycles. The number of amides is 3. The molecule has 0 aromatic heterocycles. The van der Waals surface area contributed by atoms with E-state index in [2.05, 4.69) is 5.32 Å². The summed E-state index contributed by atoms with van der Waals surface area (Å²) in [5.74, 6) is -0.119. The summed E-state index contributed by atoms with van der Waals surface area (Å²) in [5.41, 5.74) is -0.579. The zero-order valence-electron chi connectivity index (χ0n) is 10.1. The number of hydrogen-bond donors (Lipinski definition) is 2. The third-order valence-electron chi connectivity index (χ3n) is 3.88. The zero-order valence-corrected chi connectivity index (χ0v) is 10.1. The molecule has 0 unspecified atom stereocenters. The maximum absolute atomic E-state index is 12.0. The first-order valence-corrected chi connectivity index (χ1v) is 6.45. The number of unbranched alkanes of at least 4 members (excludes halogenated alkanes) is 1. The molecular formula is C12H20N2O3. The van der Waals surface area contributed by atoms with Gasteiger partial charge >= 0.3 is 6.03 Å². The maximum Gasteiger partial charge on any atom is 0.325 e. The van der Waals surface area contributed by atoms with Gasteiger partial charge in [0.1, 0.15) is 5.54 Å². The molecule has 3 amide bonds. The Kier molecular flexibility index (Phi) is 3.66. The summed E-state index contributed by atoms with van der Waals surface area (Å²) < 4.78 is 0. The van der Waals surface area contributed by atoms with Crippen molar-refractivity contribution in [1.82, 2.24) is 10.2 Å². The van der Waals surface area contributed by atoms with Crippen LogP contribution >= 0.6 is 0 Å². The molecule has 2 N–H and O–H groups in total. The van der Waals surface area contributed by atoms with Crippen LogP contribution in [0.3, 0.4) is 0 Å². The fourth-order valence-corrected chi connectivity index (χ4v) is 2.93. The lowest BCUT2D eigenvalue weighted by atomic mass is 9.80. The molecule has 17 heavy (non-hydrogen) atoms. The topological polar surface area (TPSA) is 69.6 Å². The average Bonchev–Trinajstić information content (AvgIpc) is 2.55. The fourth-order valence-electron chi connectivity index (χ4n) is 2.93. The van der Waals surface area contributed by atoms with Gasteiger partial charge in [0.05, 0.1) is 0 Å². The molecule has 2 fully saturated rings. The first-order chi connectivity index (χ1) is 8.20. The van der Waals surface area contributed by atoms with Crippen molar-refractivity contribution >= 4 is 11.9 Å². The largest absolute Gasteiger partial charge is 0.396 e. The highest BCUT2D eigenvalue weighted by molar-refractivity contribution is 6.07. The Labute approximate surface area is 101 Å². The Bertz CT molecular complexity index is 311. The Morgan fingerprint density at radius 2 is 1.88 bits per heavy atom. The Morgan fingerprint density at radius 3 is 2.53 bits per heavy atom. The van der Waals surface area contributed by atoms with Crippen molar-refractivity contribution in [2.24, 2.45) is 0 Å². The van der Waals surface area contributed by atoms with Gasteiger partial charge in [-0.05, 0) is 25.7 Å². The van der Waals surface area contributed by atoms with Gasteiger partial charge in [0.15, 0.2) is 0 Å². The quantitative estimate of drug-likeness (QED) is 0.569. The second-order valence-electron chi connectivity index (χ2n) is 4.93. The number of rotatable bonds is 4. The number of hydrogen-bond acceptors (Lipinski definition) is 3. The first-order valence-electron chi connectivity index (χ1n) is 6.45. The number of carbonyl (C=O) groups excluding carboxylic acids is 2. The summed E-state index contributed by atoms with van der Waals surface area (Å²) in [7, 11) is 0. The van der Waals surface area contributed by atoms with Gasteiger partial charge in [0, 0.05) is 13.2 Å². The highest BCUT2D eigenvalue weighted by atomic mass is 16.3. The van der Waals surface area contributed by atoms with Gasteiger partial charge in [-0.3, -0.25) is 10.1 Å². The van der Waals surface area contributed by atoms with E-state index in [1.165, 1.54) is 0 Å². The second kappa shape index (κ2) is 5.04. The smallest absolute Gasteiger partial charge is 0.325 e. The molecule has 2 aliphatic rings. The third kappa shape index (κ3) is 2.16. The molecule has 1 saturated heterocycles. The number of aliphatic hydroxyl groups is 1. The Balaban J connectivity index is 2.08. The predicted molar refractivity (Wildman–Crippen MR) is 62.4 cm³/mol. The summed E-state index contributed by atoms with van der Waals surface area (Å²) in [6.45, 7) is 0.703. The maximum atomic E-state index is 12.0. The summed E-state index contributed by atoms with van der Waals surface area (Å²) in [6.07, 6.45) is 6.16. The van der Waals surface area contributed by atoms with Crippen LogP contribution < -0.4 is 5.32 Å². The molecule has 0 atom stereocenters. The van der Waals surface area contributed by atoms with Crippen molar-refractivity contribution in [2.45, 2.75) is 50.5 Å². The number of nitrogens with one attached hydrogen (secondary N) is 1. The number of imide groups is 1. The highest BCUT2D eigenvalue weighted by Gasteiger charge is 2.52. The predicted octanol–water partition coefficient (Wildman–Crippen LogP) is 1.01. The molecule has 0 aromatic carbocycles. The minimum Gasteiger partial charge on any atom is -0.396 e. The van der Waals surface area contributed by atoms with Gasteiger partial charge in [-0.25, -0.2) is 4.79 Å². The van der Waals surface area contributed by atoms with Crippen LogP contribution in [0.2, 0.25) is 0 Å². The normalized spacial score (nSPS) is 23.2. The van der Waals surface area contributed by atoms with Gasteiger partial charge in [0.25, 0.3) is 5.91 Å². The molecule has 96 valence electrons. The van der Waals surface area contributed by atoms with Crippen molar-refractivity contribution in [3.8, 4) is 0 Å². The Hall–Kier alpha value is -1.10. The van der Waals surface area contributed by atoms with E-state index in [-0.39, 0.29) is 18.5 Å². The highest BCUT2D eigenvalue weighted by Crippen LogP contribution is 2.37. The lowest BCUT2D eigenvalue weighted by Crippen LogP contribution is -2.51.